The summed E-state index contributed by atoms with van der Waals surface area (Å²) < 4.78 is 5.66. The van der Waals surface area contributed by atoms with Crippen LogP contribution in [0.1, 0.15) is 25.7 Å². The van der Waals surface area contributed by atoms with Crippen molar-refractivity contribution < 1.29 is 33.8 Å². The summed E-state index contributed by atoms with van der Waals surface area (Å²) in [4.78, 5) is 32.7. The van der Waals surface area contributed by atoms with Crippen LogP contribution in [0.3, 0.4) is 0 Å². The van der Waals surface area contributed by atoms with Gasteiger partial charge in [0, 0.05) is 18.8 Å². The number of hydrogen-bond acceptors (Lipinski definition) is 5. The predicted molar refractivity (Wildman–Crippen MR) is 82.2 cm³/mol. The Morgan fingerprint density at radius 1 is 1.17 bits per heavy atom. The molecule has 0 saturated carbocycles. The summed E-state index contributed by atoms with van der Waals surface area (Å²) in [6, 6.07) is 0. The fourth-order valence-electron chi connectivity index (χ4n) is 1.81. The molecule has 0 amide bonds. The van der Waals surface area contributed by atoms with Crippen LogP contribution in [0.2, 0.25) is 0 Å². The van der Waals surface area contributed by atoms with Crippen molar-refractivity contribution in [2.75, 3.05) is 27.7 Å². The van der Waals surface area contributed by atoms with E-state index in [-0.39, 0.29) is 19.3 Å². The molecule has 1 atom stereocenters. The average molecular weight is 327 g/mol. The van der Waals surface area contributed by atoms with Crippen molar-refractivity contribution in [3.05, 3.63) is 24.3 Å². The van der Waals surface area contributed by atoms with Gasteiger partial charge in [-0.15, -0.1) is 0 Å². The van der Waals surface area contributed by atoms with Crippen molar-refractivity contribution in [2.45, 2.75) is 31.8 Å². The van der Waals surface area contributed by atoms with Crippen LogP contribution in [0.4, 0.5) is 0 Å². The molecule has 0 radical (unpaired) electrons. The summed E-state index contributed by atoms with van der Waals surface area (Å²) in [5, 5.41) is 19.1. The number of aliphatic carboxylic acids is 2. The number of esters is 1. The Morgan fingerprint density at radius 3 is 2.30 bits per heavy atom. The monoisotopic (exact) mass is 327 g/mol. The Labute approximate surface area is 136 Å². The van der Waals surface area contributed by atoms with Crippen molar-refractivity contribution in [1.29, 1.82) is 0 Å². The minimum absolute atomic E-state index is 0.0532. The molecule has 0 aliphatic heterocycles. The van der Waals surface area contributed by atoms with Crippen molar-refractivity contribution in [1.82, 2.24) is 0 Å². The Balaban J connectivity index is 4.21. The lowest BCUT2D eigenvalue weighted by molar-refractivity contribution is -0.873. The van der Waals surface area contributed by atoms with Gasteiger partial charge in [-0.25, -0.2) is 0 Å². The first-order valence-electron chi connectivity index (χ1n) is 7.33. The normalized spacial score (nSPS) is 13.3. The summed E-state index contributed by atoms with van der Waals surface area (Å²) in [6.07, 6.45) is 5.92. The highest BCUT2D eigenvalue weighted by Crippen LogP contribution is 2.07. The maximum absolute atomic E-state index is 11.7. The number of carbonyl (C=O) groups is 3. The van der Waals surface area contributed by atoms with Crippen LogP contribution < -0.4 is 5.11 Å². The molecule has 0 rings (SSSR count). The molecule has 0 aromatic rings. The van der Waals surface area contributed by atoms with Crippen molar-refractivity contribution >= 4 is 17.9 Å². The molecule has 0 aliphatic rings. The van der Waals surface area contributed by atoms with Gasteiger partial charge < -0.3 is 24.2 Å². The van der Waals surface area contributed by atoms with Gasteiger partial charge >= 0.3 is 11.9 Å². The number of nitrogens with zero attached hydrogens (tertiary/aromatic N) is 1. The number of likely N-dealkylation sites (N-methyl/N-ethyl adjacent to an activating group) is 1. The highest BCUT2D eigenvalue weighted by molar-refractivity contribution is 5.71. The molecule has 0 saturated heterocycles. The minimum Gasteiger partial charge on any atom is -0.550 e. The lowest BCUT2D eigenvalue weighted by Gasteiger charge is -2.29. The Hall–Kier alpha value is -2.15. The Kier molecular flexibility index (Phi) is 9.57. The molecule has 0 heterocycles. The second kappa shape index (κ2) is 10.6. The molecule has 23 heavy (non-hydrogen) atoms. The first-order chi connectivity index (χ1) is 10.6. The molecule has 1 unspecified atom stereocenters. The van der Waals surface area contributed by atoms with Gasteiger partial charge in [-0.3, -0.25) is 9.59 Å². The van der Waals surface area contributed by atoms with Crippen LogP contribution in [-0.2, 0) is 19.1 Å². The number of carboxylic acid groups (broad SMARTS) is 2. The summed E-state index contributed by atoms with van der Waals surface area (Å²) >= 11 is 0. The van der Waals surface area contributed by atoms with Crippen molar-refractivity contribution in [2.24, 2.45) is 0 Å². The van der Waals surface area contributed by atoms with Gasteiger partial charge in [0.2, 0.25) is 0 Å². The van der Waals surface area contributed by atoms with E-state index in [1.54, 1.807) is 18.2 Å². The number of allylic oxidation sites excluding steroid dienone is 3. The third-order valence-corrected chi connectivity index (χ3v) is 2.63. The van der Waals surface area contributed by atoms with Crippen LogP contribution in [0.5, 0.6) is 0 Å². The summed E-state index contributed by atoms with van der Waals surface area (Å²) in [5.41, 5.74) is 0. The zero-order chi connectivity index (χ0) is 17.9. The molecule has 130 valence electrons. The first-order valence-corrected chi connectivity index (χ1v) is 7.33. The molecule has 0 aromatic heterocycles. The van der Waals surface area contributed by atoms with Crippen LogP contribution in [-0.4, -0.2) is 61.3 Å². The van der Waals surface area contributed by atoms with Gasteiger partial charge in [-0.1, -0.05) is 24.3 Å². The number of quaternary nitrogens is 1. The van der Waals surface area contributed by atoms with E-state index in [0.717, 1.165) is 0 Å². The predicted octanol–water partition coefficient (Wildman–Crippen LogP) is 0.112. The SMILES string of the molecule is C[N+](C)(C)CC(CC(=O)[O-])OC(=O)CC/C=C/C=C/CC(=O)O. The lowest BCUT2D eigenvalue weighted by atomic mass is 10.2. The number of carbonyl (C=O) groups excluding carboxylic acids is 2. The summed E-state index contributed by atoms with van der Waals surface area (Å²) in [7, 11) is 5.63. The fourth-order valence-corrected chi connectivity index (χ4v) is 1.81. The number of carboxylic acids is 2. The maximum Gasteiger partial charge on any atom is 0.307 e. The van der Waals surface area contributed by atoms with Crippen molar-refractivity contribution in [3.8, 4) is 0 Å². The van der Waals surface area contributed by atoms with Gasteiger partial charge in [0.15, 0.2) is 6.10 Å². The van der Waals surface area contributed by atoms with Gasteiger partial charge in [0.05, 0.1) is 27.6 Å². The van der Waals surface area contributed by atoms with Gasteiger partial charge in [-0.2, -0.15) is 0 Å². The fraction of sp³-hybridized carbons (Fsp3) is 0.562. The standard InChI is InChI=1S/C16H25NO6/c1-17(2,3)12-13(11-15(20)21)23-16(22)10-8-6-4-5-7-9-14(18)19/h4-7,13H,8-12H2,1-3H3,(H-,18,19,20,21)/b6-4+,7-5+. The van der Waals surface area contributed by atoms with E-state index in [1.165, 1.54) is 6.08 Å². The summed E-state index contributed by atoms with van der Waals surface area (Å²) in [6.45, 7) is 0.382. The van der Waals surface area contributed by atoms with Gasteiger partial charge in [0.1, 0.15) is 6.54 Å². The third kappa shape index (κ3) is 14.5. The quantitative estimate of drug-likeness (QED) is 0.328. The molecule has 0 aliphatic carbocycles. The molecule has 1 N–H and O–H groups in total. The molecular formula is C16H25NO6. The van der Waals surface area contributed by atoms with Crippen LogP contribution in [0, 0.1) is 0 Å². The topological polar surface area (TPSA) is 104 Å². The van der Waals surface area contributed by atoms with Crippen LogP contribution in [0.15, 0.2) is 24.3 Å². The number of hydrogen-bond donors (Lipinski definition) is 1. The lowest BCUT2D eigenvalue weighted by Crippen LogP contribution is -2.45. The molecule has 0 spiro atoms. The van der Waals surface area contributed by atoms with E-state index in [0.29, 0.717) is 17.4 Å². The second-order valence-electron chi connectivity index (χ2n) is 6.15. The highest BCUT2D eigenvalue weighted by atomic mass is 16.5. The van der Waals surface area contributed by atoms with Gasteiger partial charge in [0.25, 0.3) is 0 Å². The maximum atomic E-state index is 11.7. The van der Waals surface area contributed by atoms with Crippen LogP contribution >= 0.6 is 0 Å². The molecular weight excluding hydrogens is 302 g/mol. The Morgan fingerprint density at radius 2 is 1.78 bits per heavy atom. The third-order valence-electron chi connectivity index (χ3n) is 2.63. The van der Waals surface area contributed by atoms with E-state index in [2.05, 4.69) is 0 Å². The number of ether oxygens (including phenoxy) is 1. The zero-order valence-corrected chi connectivity index (χ0v) is 13.9. The molecule has 0 fully saturated rings. The van der Waals surface area contributed by atoms with Crippen molar-refractivity contribution in [3.63, 3.8) is 0 Å². The van der Waals surface area contributed by atoms with Crippen LogP contribution in [0.25, 0.3) is 0 Å². The second-order valence-corrected chi connectivity index (χ2v) is 6.15. The van der Waals surface area contributed by atoms with E-state index in [1.807, 2.05) is 21.1 Å². The number of rotatable bonds is 11. The van der Waals surface area contributed by atoms with Gasteiger partial charge in [-0.05, 0) is 6.42 Å². The molecule has 7 heteroatoms. The summed E-state index contributed by atoms with van der Waals surface area (Å²) in [5.74, 6) is -2.63. The Bertz CT molecular complexity index is 462. The molecule has 0 bridgehead atoms. The van der Waals surface area contributed by atoms with E-state index < -0.39 is 24.0 Å². The molecule has 0 aromatic carbocycles. The molecule has 7 nitrogen and oxygen atoms in total. The highest BCUT2D eigenvalue weighted by Gasteiger charge is 2.22. The first kappa shape index (κ1) is 20.9. The average Bonchev–Trinajstić information content (AvgIpc) is 2.34. The van der Waals surface area contributed by atoms with E-state index in [4.69, 9.17) is 9.84 Å². The van der Waals surface area contributed by atoms with E-state index in [9.17, 15) is 19.5 Å². The zero-order valence-electron chi connectivity index (χ0n) is 13.9. The minimum atomic E-state index is -1.25. The van der Waals surface area contributed by atoms with E-state index >= 15 is 0 Å². The smallest absolute Gasteiger partial charge is 0.307 e. The largest absolute Gasteiger partial charge is 0.550 e.